The van der Waals surface area contributed by atoms with Gasteiger partial charge in [0.1, 0.15) is 11.7 Å². The van der Waals surface area contributed by atoms with Crippen LogP contribution in [0, 0.1) is 0 Å². The SMILES string of the molecule is CCOC1C(=O)CC1Oc1cccc2c1OC(C)(C)C2. The van der Waals surface area contributed by atoms with Crippen LogP contribution < -0.4 is 9.47 Å². The summed E-state index contributed by atoms with van der Waals surface area (Å²) < 4.78 is 17.3. The van der Waals surface area contributed by atoms with E-state index in [-0.39, 0.29) is 17.5 Å². The summed E-state index contributed by atoms with van der Waals surface area (Å²) in [6.45, 7) is 6.53. The third-order valence-electron chi connectivity index (χ3n) is 3.74. The molecule has 1 saturated carbocycles. The largest absolute Gasteiger partial charge is 0.483 e. The molecule has 0 radical (unpaired) electrons. The van der Waals surface area contributed by atoms with Crippen molar-refractivity contribution in [1.82, 2.24) is 0 Å². The number of carbonyl (C=O) groups excluding carboxylic acids is 1. The molecule has 1 fully saturated rings. The van der Waals surface area contributed by atoms with Crippen molar-refractivity contribution >= 4 is 5.78 Å². The van der Waals surface area contributed by atoms with Crippen molar-refractivity contribution in [3.63, 3.8) is 0 Å². The number of para-hydroxylation sites is 1. The highest BCUT2D eigenvalue weighted by atomic mass is 16.6. The highest BCUT2D eigenvalue weighted by molar-refractivity contribution is 5.90. The summed E-state index contributed by atoms with van der Waals surface area (Å²) >= 11 is 0. The molecule has 4 heteroatoms. The van der Waals surface area contributed by atoms with E-state index in [4.69, 9.17) is 14.2 Å². The van der Waals surface area contributed by atoms with E-state index in [1.54, 1.807) is 0 Å². The van der Waals surface area contributed by atoms with Gasteiger partial charge in [-0.3, -0.25) is 4.79 Å². The number of hydrogen-bond donors (Lipinski definition) is 0. The first-order valence-corrected chi connectivity index (χ1v) is 7.12. The van der Waals surface area contributed by atoms with E-state index in [9.17, 15) is 4.79 Å². The lowest BCUT2D eigenvalue weighted by molar-refractivity contribution is -0.154. The molecule has 1 aromatic rings. The van der Waals surface area contributed by atoms with Gasteiger partial charge in [-0.1, -0.05) is 12.1 Å². The van der Waals surface area contributed by atoms with Crippen molar-refractivity contribution in [1.29, 1.82) is 0 Å². The van der Waals surface area contributed by atoms with Gasteiger partial charge in [0.15, 0.2) is 23.4 Å². The molecule has 1 heterocycles. The van der Waals surface area contributed by atoms with Crippen LogP contribution in [-0.4, -0.2) is 30.2 Å². The van der Waals surface area contributed by atoms with Gasteiger partial charge < -0.3 is 14.2 Å². The maximum absolute atomic E-state index is 11.5. The second-order valence-electron chi connectivity index (χ2n) is 5.99. The van der Waals surface area contributed by atoms with Crippen LogP contribution in [0.3, 0.4) is 0 Å². The lowest BCUT2D eigenvalue weighted by atomic mass is 9.90. The number of rotatable bonds is 4. The third kappa shape index (κ3) is 2.29. The van der Waals surface area contributed by atoms with E-state index in [1.807, 2.05) is 19.1 Å². The normalized spacial score (nSPS) is 26.6. The van der Waals surface area contributed by atoms with Crippen molar-refractivity contribution < 1.29 is 19.0 Å². The van der Waals surface area contributed by atoms with E-state index in [0.717, 1.165) is 23.5 Å². The summed E-state index contributed by atoms with van der Waals surface area (Å²) in [5.74, 6) is 1.65. The third-order valence-corrected chi connectivity index (χ3v) is 3.74. The van der Waals surface area contributed by atoms with Gasteiger partial charge in [-0.2, -0.15) is 0 Å². The minimum atomic E-state index is -0.426. The number of hydrogen-bond acceptors (Lipinski definition) is 4. The van der Waals surface area contributed by atoms with Crippen LogP contribution >= 0.6 is 0 Å². The predicted molar refractivity (Wildman–Crippen MR) is 74.3 cm³/mol. The molecule has 2 unspecified atom stereocenters. The molecule has 20 heavy (non-hydrogen) atoms. The van der Waals surface area contributed by atoms with Gasteiger partial charge in [0.2, 0.25) is 0 Å². The van der Waals surface area contributed by atoms with E-state index in [0.29, 0.717) is 13.0 Å². The van der Waals surface area contributed by atoms with Crippen LogP contribution in [0.15, 0.2) is 18.2 Å². The predicted octanol–water partition coefficient (Wildman–Crippen LogP) is 2.53. The summed E-state index contributed by atoms with van der Waals surface area (Å²) in [7, 11) is 0. The number of carbonyl (C=O) groups is 1. The Bertz CT molecular complexity index is 535. The summed E-state index contributed by atoms with van der Waals surface area (Å²) in [4.78, 5) is 11.5. The first-order chi connectivity index (χ1) is 9.50. The molecule has 0 bridgehead atoms. The monoisotopic (exact) mass is 276 g/mol. The average Bonchev–Trinajstić information content (AvgIpc) is 2.70. The van der Waals surface area contributed by atoms with Crippen molar-refractivity contribution in [3.8, 4) is 11.5 Å². The van der Waals surface area contributed by atoms with Gasteiger partial charge in [-0.15, -0.1) is 0 Å². The fourth-order valence-electron chi connectivity index (χ4n) is 2.79. The molecule has 1 aromatic carbocycles. The van der Waals surface area contributed by atoms with Crippen LogP contribution in [0.1, 0.15) is 32.8 Å². The van der Waals surface area contributed by atoms with E-state index >= 15 is 0 Å². The number of ether oxygens (including phenoxy) is 3. The zero-order valence-corrected chi connectivity index (χ0v) is 12.1. The summed E-state index contributed by atoms with van der Waals surface area (Å²) in [6, 6.07) is 5.92. The van der Waals surface area contributed by atoms with Crippen LogP contribution in [-0.2, 0) is 16.0 Å². The molecule has 0 spiro atoms. The number of Topliss-reactive ketones (excluding diaryl/α,β-unsaturated/α-hetero) is 1. The van der Waals surface area contributed by atoms with Gasteiger partial charge in [0, 0.05) is 25.0 Å². The molecule has 2 atom stereocenters. The Morgan fingerprint density at radius 2 is 2.20 bits per heavy atom. The smallest absolute Gasteiger partial charge is 0.169 e. The molecular formula is C16H20O4. The summed E-state index contributed by atoms with van der Waals surface area (Å²) in [6.07, 6.45) is 0.668. The quantitative estimate of drug-likeness (QED) is 0.847. The Morgan fingerprint density at radius 3 is 2.90 bits per heavy atom. The Labute approximate surface area is 119 Å². The molecule has 0 amide bonds. The van der Waals surface area contributed by atoms with Gasteiger partial charge in [0.25, 0.3) is 0 Å². The maximum Gasteiger partial charge on any atom is 0.169 e. The molecule has 0 N–H and O–H groups in total. The molecular weight excluding hydrogens is 256 g/mol. The van der Waals surface area contributed by atoms with Crippen LogP contribution in [0.25, 0.3) is 0 Å². The van der Waals surface area contributed by atoms with Gasteiger partial charge in [-0.25, -0.2) is 0 Å². The molecule has 0 aromatic heterocycles. The highest BCUT2D eigenvalue weighted by Gasteiger charge is 2.43. The van der Waals surface area contributed by atoms with Gasteiger partial charge in [0.05, 0.1) is 0 Å². The summed E-state index contributed by atoms with van der Waals surface area (Å²) in [5.41, 5.74) is 0.961. The Balaban J connectivity index is 1.77. The van der Waals surface area contributed by atoms with Gasteiger partial charge >= 0.3 is 0 Å². The molecule has 1 aliphatic heterocycles. The van der Waals surface area contributed by atoms with Crippen molar-refractivity contribution in [2.24, 2.45) is 0 Å². The lowest BCUT2D eigenvalue weighted by Gasteiger charge is -2.34. The Morgan fingerprint density at radius 1 is 1.40 bits per heavy atom. The maximum atomic E-state index is 11.5. The first kappa shape index (κ1) is 13.4. The second-order valence-corrected chi connectivity index (χ2v) is 5.99. The Hall–Kier alpha value is -1.55. The topological polar surface area (TPSA) is 44.8 Å². The second kappa shape index (κ2) is 4.77. The number of ketones is 1. The van der Waals surface area contributed by atoms with Gasteiger partial charge in [-0.05, 0) is 26.8 Å². The van der Waals surface area contributed by atoms with Crippen LogP contribution in [0.2, 0.25) is 0 Å². The minimum Gasteiger partial charge on any atom is -0.483 e. The molecule has 0 saturated heterocycles. The number of fused-ring (bicyclic) bond motifs is 1. The van der Waals surface area contributed by atoms with Crippen molar-refractivity contribution in [2.45, 2.75) is 51.4 Å². The fourth-order valence-corrected chi connectivity index (χ4v) is 2.79. The van der Waals surface area contributed by atoms with Crippen LogP contribution in [0.4, 0.5) is 0 Å². The van der Waals surface area contributed by atoms with E-state index < -0.39 is 6.10 Å². The first-order valence-electron chi connectivity index (χ1n) is 7.12. The molecule has 3 rings (SSSR count). The van der Waals surface area contributed by atoms with E-state index in [2.05, 4.69) is 19.9 Å². The lowest BCUT2D eigenvalue weighted by Crippen LogP contribution is -2.52. The molecule has 1 aliphatic carbocycles. The Kier molecular flexibility index (Phi) is 3.21. The molecule has 2 aliphatic rings. The summed E-state index contributed by atoms with van der Waals surface area (Å²) in [5, 5.41) is 0. The molecule has 4 nitrogen and oxygen atoms in total. The van der Waals surface area contributed by atoms with Crippen LogP contribution in [0.5, 0.6) is 11.5 Å². The zero-order chi connectivity index (χ0) is 14.3. The standard InChI is InChI=1S/C16H20O4/c1-4-18-15-11(17)8-13(15)19-12-7-5-6-10-9-16(2,3)20-14(10)12/h5-7,13,15H,4,8-9H2,1-3H3. The molecule has 108 valence electrons. The van der Waals surface area contributed by atoms with Crippen molar-refractivity contribution in [3.05, 3.63) is 23.8 Å². The fraction of sp³-hybridized carbons (Fsp3) is 0.562. The van der Waals surface area contributed by atoms with E-state index in [1.165, 1.54) is 0 Å². The zero-order valence-electron chi connectivity index (χ0n) is 12.1. The number of benzene rings is 1. The van der Waals surface area contributed by atoms with Crippen molar-refractivity contribution in [2.75, 3.05) is 6.61 Å². The minimum absolute atomic E-state index is 0.116. The highest BCUT2D eigenvalue weighted by Crippen LogP contribution is 2.43. The average molecular weight is 276 g/mol.